The number of aliphatic imine (C=N–C) groups is 1. The summed E-state index contributed by atoms with van der Waals surface area (Å²) >= 11 is 2.62. The molecule has 0 amide bonds. The van der Waals surface area contributed by atoms with Crippen LogP contribution in [0.3, 0.4) is 0 Å². The first-order valence-electron chi connectivity index (χ1n) is 8.21. The lowest BCUT2D eigenvalue weighted by atomic mass is 10.0. The van der Waals surface area contributed by atoms with Gasteiger partial charge in [-0.25, -0.2) is 18.4 Å². The van der Waals surface area contributed by atoms with Crippen LogP contribution in [0.15, 0.2) is 57.0 Å². The van der Waals surface area contributed by atoms with Crippen LogP contribution in [0, 0.1) is 0 Å². The Kier molecular flexibility index (Phi) is 4.98. The van der Waals surface area contributed by atoms with Gasteiger partial charge in [0, 0.05) is 12.4 Å². The van der Waals surface area contributed by atoms with E-state index in [1.54, 1.807) is 30.5 Å². The summed E-state index contributed by atoms with van der Waals surface area (Å²) in [5, 5.41) is 0.650. The van der Waals surface area contributed by atoms with E-state index in [0.717, 1.165) is 23.3 Å². The normalized spacial score (nSPS) is 13.4. The van der Waals surface area contributed by atoms with Crippen LogP contribution in [0.5, 0.6) is 0 Å². The molecule has 0 saturated carbocycles. The van der Waals surface area contributed by atoms with Crippen LogP contribution in [-0.4, -0.2) is 30.9 Å². The van der Waals surface area contributed by atoms with Gasteiger partial charge in [-0.2, -0.15) is 0 Å². The van der Waals surface area contributed by atoms with Gasteiger partial charge in [0.05, 0.1) is 21.9 Å². The predicted octanol–water partition coefficient (Wildman–Crippen LogP) is 4.38. The van der Waals surface area contributed by atoms with Crippen LogP contribution in [0.25, 0.3) is 10.6 Å². The number of para-hydroxylation sites is 1. The molecule has 27 heavy (non-hydrogen) atoms. The molecule has 9 heteroatoms. The number of fused-ring (bicyclic) bond motifs is 1. The zero-order valence-electron chi connectivity index (χ0n) is 14.4. The van der Waals surface area contributed by atoms with Crippen LogP contribution in [0.4, 0.5) is 11.4 Å². The van der Waals surface area contributed by atoms with E-state index in [4.69, 9.17) is 0 Å². The van der Waals surface area contributed by atoms with Gasteiger partial charge in [-0.3, -0.25) is 9.71 Å². The second kappa shape index (κ2) is 7.41. The minimum atomic E-state index is -3.70. The van der Waals surface area contributed by atoms with E-state index in [1.165, 1.54) is 23.1 Å². The Morgan fingerprint density at radius 1 is 1.19 bits per heavy atom. The molecule has 0 fully saturated rings. The molecule has 138 valence electrons. The van der Waals surface area contributed by atoms with E-state index in [1.807, 2.05) is 24.6 Å². The first-order chi connectivity index (χ1) is 13.1. The van der Waals surface area contributed by atoms with Crippen molar-refractivity contribution in [1.82, 2.24) is 9.97 Å². The molecule has 0 saturated heterocycles. The van der Waals surface area contributed by atoms with E-state index < -0.39 is 10.0 Å². The average Bonchev–Trinajstić information content (AvgIpc) is 3.19. The van der Waals surface area contributed by atoms with Gasteiger partial charge in [-0.1, -0.05) is 23.9 Å². The van der Waals surface area contributed by atoms with Gasteiger partial charge in [-0.05, 0) is 48.9 Å². The van der Waals surface area contributed by atoms with Crippen molar-refractivity contribution in [3.8, 4) is 10.6 Å². The summed E-state index contributed by atoms with van der Waals surface area (Å²) < 4.78 is 28.6. The number of sulfonamides is 1. The second-order valence-corrected chi connectivity index (χ2v) is 9.58. The maximum Gasteiger partial charge on any atom is 0.271 e. The molecule has 4 rings (SSSR count). The minimum absolute atomic E-state index is 0.235. The summed E-state index contributed by atoms with van der Waals surface area (Å²) in [5.74, 6) is 0. The molecule has 0 radical (unpaired) electrons. The Balaban J connectivity index is 1.64. The lowest BCUT2D eigenvalue weighted by Crippen LogP contribution is -2.12. The van der Waals surface area contributed by atoms with Gasteiger partial charge in [-0.15, -0.1) is 11.3 Å². The SMILES string of the molecule is CSc1nccc(-c2ccc(S(=O)(=O)Nc3cccc4c3N=CCC4)s2)n1. The van der Waals surface area contributed by atoms with Crippen molar-refractivity contribution in [2.45, 2.75) is 22.2 Å². The van der Waals surface area contributed by atoms with Crippen molar-refractivity contribution < 1.29 is 8.42 Å². The molecule has 1 N–H and O–H groups in total. The number of hydrogen-bond acceptors (Lipinski definition) is 7. The number of aromatic nitrogens is 2. The topological polar surface area (TPSA) is 84.3 Å². The van der Waals surface area contributed by atoms with Crippen molar-refractivity contribution in [3.63, 3.8) is 0 Å². The van der Waals surface area contributed by atoms with Crippen molar-refractivity contribution in [3.05, 3.63) is 48.2 Å². The summed E-state index contributed by atoms with van der Waals surface area (Å²) in [4.78, 5) is 13.7. The number of benzene rings is 1. The summed E-state index contributed by atoms with van der Waals surface area (Å²) in [5.41, 5.74) is 2.97. The summed E-state index contributed by atoms with van der Waals surface area (Å²) in [6.07, 6.45) is 7.13. The molecule has 2 aromatic heterocycles. The highest BCUT2D eigenvalue weighted by molar-refractivity contribution is 7.98. The van der Waals surface area contributed by atoms with E-state index in [2.05, 4.69) is 19.7 Å². The Hall–Kier alpha value is -2.23. The van der Waals surface area contributed by atoms with E-state index in [9.17, 15) is 8.42 Å². The molecule has 6 nitrogen and oxygen atoms in total. The molecule has 0 unspecified atom stereocenters. The van der Waals surface area contributed by atoms with E-state index in [0.29, 0.717) is 22.2 Å². The first-order valence-corrected chi connectivity index (χ1v) is 11.7. The standard InChI is InChI=1S/C18H16N4O2S3/c1-25-18-20-11-9-13(21-18)15-7-8-16(26-15)27(23,24)22-14-6-2-4-12-5-3-10-19-17(12)14/h2,4,6-11,22H,3,5H2,1H3. The number of thiophene rings is 1. The van der Waals surface area contributed by atoms with E-state index in [-0.39, 0.29) is 4.21 Å². The van der Waals surface area contributed by atoms with Crippen molar-refractivity contribution in [2.75, 3.05) is 11.0 Å². The summed E-state index contributed by atoms with van der Waals surface area (Å²) in [6, 6.07) is 10.7. The van der Waals surface area contributed by atoms with Gasteiger partial charge in [0.25, 0.3) is 10.0 Å². The predicted molar refractivity (Wildman–Crippen MR) is 111 cm³/mol. The zero-order chi connectivity index (χ0) is 18.9. The minimum Gasteiger partial charge on any atom is -0.277 e. The molecule has 0 spiro atoms. The largest absolute Gasteiger partial charge is 0.277 e. The molecule has 0 aliphatic carbocycles. The number of aryl methyl sites for hydroxylation is 1. The number of rotatable bonds is 5. The Labute approximate surface area is 165 Å². The third-order valence-corrected chi connectivity index (χ3v) is 7.57. The molecule has 1 aromatic carbocycles. The molecule has 1 aliphatic rings. The van der Waals surface area contributed by atoms with Crippen molar-refractivity contribution >= 4 is 50.7 Å². The second-order valence-electron chi connectivity index (χ2n) is 5.82. The number of nitrogens with zero attached hydrogens (tertiary/aromatic N) is 3. The maximum atomic E-state index is 12.9. The molecule has 0 bridgehead atoms. The Bertz CT molecular complexity index is 1120. The fraction of sp³-hybridized carbons (Fsp3) is 0.167. The van der Waals surface area contributed by atoms with Gasteiger partial charge in [0.1, 0.15) is 4.21 Å². The summed E-state index contributed by atoms with van der Waals surface area (Å²) in [6.45, 7) is 0. The Morgan fingerprint density at radius 3 is 2.93 bits per heavy atom. The van der Waals surface area contributed by atoms with E-state index >= 15 is 0 Å². The quantitative estimate of drug-likeness (QED) is 0.493. The van der Waals surface area contributed by atoms with Crippen LogP contribution < -0.4 is 4.72 Å². The van der Waals surface area contributed by atoms with Crippen LogP contribution in [0.1, 0.15) is 12.0 Å². The van der Waals surface area contributed by atoms with Crippen molar-refractivity contribution in [2.24, 2.45) is 4.99 Å². The number of hydrogen-bond donors (Lipinski definition) is 1. The molecule has 1 aliphatic heterocycles. The van der Waals surface area contributed by atoms with Crippen LogP contribution in [-0.2, 0) is 16.4 Å². The smallest absolute Gasteiger partial charge is 0.271 e. The molecular formula is C18H16N4O2S3. The van der Waals surface area contributed by atoms with Gasteiger partial charge < -0.3 is 0 Å². The molecule has 3 heterocycles. The third-order valence-electron chi connectivity index (χ3n) is 4.04. The highest BCUT2D eigenvalue weighted by Gasteiger charge is 2.21. The van der Waals surface area contributed by atoms with Crippen molar-refractivity contribution in [1.29, 1.82) is 0 Å². The van der Waals surface area contributed by atoms with Gasteiger partial charge in [0.15, 0.2) is 5.16 Å². The number of thioether (sulfide) groups is 1. The molecule has 3 aromatic rings. The highest BCUT2D eigenvalue weighted by Crippen LogP contribution is 2.36. The van der Waals surface area contributed by atoms with Gasteiger partial charge >= 0.3 is 0 Å². The molecular weight excluding hydrogens is 400 g/mol. The lowest BCUT2D eigenvalue weighted by Gasteiger charge is -2.15. The third kappa shape index (κ3) is 3.76. The maximum absolute atomic E-state index is 12.9. The number of nitrogens with one attached hydrogen (secondary N) is 1. The fourth-order valence-electron chi connectivity index (χ4n) is 2.78. The lowest BCUT2D eigenvalue weighted by molar-refractivity contribution is 0.603. The molecule has 0 atom stereocenters. The fourth-order valence-corrected chi connectivity index (χ4v) is 5.48. The number of anilines is 1. The van der Waals surface area contributed by atoms with Gasteiger partial charge in [0.2, 0.25) is 0 Å². The monoisotopic (exact) mass is 416 g/mol. The average molecular weight is 417 g/mol. The first kappa shape index (κ1) is 18.1. The Morgan fingerprint density at radius 2 is 2.07 bits per heavy atom. The van der Waals surface area contributed by atoms with Crippen LogP contribution >= 0.6 is 23.1 Å². The zero-order valence-corrected chi connectivity index (χ0v) is 16.9. The van der Waals surface area contributed by atoms with Crippen LogP contribution in [0.2, 0.25) is 0 Å². The highest BCUT2D eigenvalue weighted by atomic mass is 32.2. The summed E-state index contributed by atoms with van der Waals surface area (Å²) in [7, 11) is -3.70.